The average Bonchev–Trinajstić information content (AvgIpc) is 3.31. The molecule has 1 aliphatic carbocycles. The van der Waals surface area contributed by atoms with Gasteiger partial charge in [0.05, 0.1) is 10.3 Å². The van der Waals surface area contributed by atoms with Gasteiger partial charge in [0.2, 0.25) is 15.9 Å². The molecule has 6 heteroatoms. The Kier molecular flexibility index (Phi) is 5.94. The molecular weight excluding hydrogens is 408 g/mol. The topological polar surface area (TPSA) is 75.3 Å². The smallest absolute Gasteiger partial charge is 0.240 e. The summed E-state index contributed by atoms with van der Waals surface area (Å²) in [5.74, 6) is 0.0313. The van der Waals surface area contributed by atoms with Crippen LogP contribution in [0.25, 0.3) is 11.1 Å². The Morgan fingerprint density at radius 3 is 2.19 bits per heavy atom. The minimum atomic E-state index is -3.47. The van der Waals surface area contributed by atoms with Crippen LogP contribution < -0.4 is 10.0 Å². The molecule has 0 spiro atoms. The summed E-state index contributed by atoms with van der Waals surface area (Å²) in [7, 11) is -2.08. The summed E-state index contributed by atoms with van der Waals surface area (Å²) < 4.78 is 26.2. The van der Waals surface area contributed by atoms with Crippen LogP contribution in [0, 0.1) is 0 Å². The molecule has 1 fully saturated rings. The number of hydrogen-bond acceptors (Lipinski definition) is 3. The first-order chi connectivity index (χ1) is 14.9. The van der Waals surface area contributed by atoms with Crippen LogP contribution in [-0.4, -0.2) is 21.4 Å². The van der Waals surface area contributed by atoms with E-state index < -0.39 is 15.4 Å². The standard InChI is InChI=1S/C25H26N2O3S.H2/c1-26-31(29,30)23-14-12-19(13-15-23)20-8-7-11-22(18-20)27-24(28)25(16-5-6-17-25)21-9-3-2-4-10-21;/h2-4,7-15,18,26H,5-6,16-17H2,1H3,(H,27,28);1H. The predicted molar refractivity (Wildman–Crippen MR) is 125 cm³/mol. The van der Waals surface area contributed by atoms with Gasteiger partial charge in [0, 0.05) is 7.11 Å². The van der Waals surface area contributed by atoms with E-state index in [-0.39, 0.29) is 12.2 Å². The number of hydrogen-bond donors (Lipinski definition) is 2. The van der Waals surface area contributed by atoms with Gasteiger partial charge >= 0.3 is 0 Å². The molecule has 3 aromatic carbocycles. The Bertz CT molecular complexity index is 1170. The Morgan fingerprint density at radius 2 is 1.55 bits per heavy atom. The summed E-state index contributed by atoms with van der Waals surface area (Å²) in [5, 5.41) is 3.13. The zero-order valence-electron chi connectivity index (χ0n) is 17.5. The number of benzene rings is 3. The molecule has 0 aromatic heterocycles. The van der Waals surface area contributed by atoms with Crippen LogP contribution in [0.15, 0.2) is 83.8 Å². The van der Waals surface area contributed by atoms with Gasteiger partial charge in [0.1, 0.15) is 0 Å². The fourth-order valence-electron chi connectivity index (χ4n) is 4.35. The normalized spacial score (nSPS) is 15.5. The Hall–Kier alpha value is -2.96. The lowest BCUT2D eigenvalue weighted by atomic mass is 9.78. The maximum atomic E-state index is 13.4. The van der Waals surface area contributed by atoms with E-state index in [1.54, 1.807) is 24.3 Å². The highest BCUT2D eigenvalue weighted by atomic mass is 32.2. The van der Waals surface area contributed by atoms with Crippen LogP contribution in [-0.2, 0) is 20.2 Å². The molecule has 0 radical (unpaired) electrons. The van der Waals surface area contributed by atoms with Gasteiger partial charge in [0.15, 0.2) is 0 Å². The van der Waals surface area contributed by atoms with Gasteiger partial charge in [-0.25, -0.2) is 13.1 Å². The van der Waals surface area contributed by atoms with Crippen molar-refractivity contribution in [1.82, 2.24) is 4.72 Å². The van der Waals surface area contributed by atoms with Gasteiger partial charge in [-0.05, 0) is 60.8 Å². The number of rotatable bonds is 6. The molecule has 0 saturated heterocycles. The first-order valence-corrected chi connectivity index (χ1v) is 11.9. The molecule has 5 nitrogen and oxygen atoms in total. The zero-order chi connectivity index (χ0) is 21.9. The second kappa shape index (κ2) is 8.65. The molecule has 1 aliphatic rings. The number of carbonyl (C=O) groups is 1. The highest BCUT2D eigenvalue weighted by Gasteiger charge is 2.42. The van der Waals surface area contributed by atoms with E-state index in [1.165, 1.54) is 7.05 Å². The Balaban J connectivity index is 0.00000289. The van der Waals surface area contributed by atoms with Gasteiger partial charge in [-0.15, -0.1) is 0 Å². The third kappa shape index (κ3) is 4.27. The maximum absolute atomic E-state index is 13.4. The zero-order valence-corrected chi connectivity index (χ0v) is 18.3. The molecule has 0 unspecified atom stereocenters. The second-order valence-corrected chi connectivity index (χ2v) is 9.81. The highest BCUT2D eigenvalue weighted by molar-refractivity contribution is 7.89. The number of amides is 1. The minimum absolute atomic E-state index is 0. The van der Waals surface area contributed by atoms with E-state index in [0.717, 1.165) is 48.1 Å². The van der Waals surface area contributed by atoms with Crippen molar-refractivity contribution in [1.29, 1.82) is 0 Å². The summed E-state index contributed by atoms with van der Waals surface area (Å²) in [5.41, 5.74) is 3.11. The second-order valence-electron chi connectivity index (χ2n) is 7.92. The van der Waals surface area contributed by atoms with E-state index in [9.17, 15) is 13.2 Å². The first-order valence-electron chi connectivity index (χ1n) is 10.5. The van der Waals surface area contributed by atoms with Crippen LogP contribution in [0.5, 0.6) is 0 Å². The molecule has 162 valence electrons. The number of anilines is 1. The van der Waals surface area contributed by atoms with E-state index in [0.29, 0.717) is 0 Å². The van der Waals surface area contributed by atoms with Crippen molar-refractivity contribution < 1.29 is 14.6 Å². The Morgan fingerprint density at radius 1 is 0.871 bits per heavy atom. The van der Waals surface area contributed by atoms with Gasteiger partial charge < -0.3 is 5.32 Å². The van der Waals surface area contributed by atoms with Crippen LogP contribution in [0.2, 0.25) is 0 Å². The average molecular weight is 437 g/mol. The van der Waals surface area contributed by atoms with Crippen molar-refractivity contribution in [3.05, 3.63) is 84.4 Å². The van der Waals surface area contributed by atoms with Crippen LogP contribution in [0.4, 0.5) is 5.69 Å². The third-order valence-electron chi connectivity index (χ3n) is 6.11. The molecule has 3 aromatic rings. The molecule has 0 aliphatic heterocycles. The van der Waals surface area contributed by atoms with Gasteiger partial charge in [-0.1, -0.05) is 67.4 Å². The van der Waals surface area contributed by atoms with Crippen molar-refractivity contribution in [3.8, 4) is 11.1 Å². The molecule has 0 bridgehead atoms. The van der Waals surface area contributed by atoms with Crippen molar-refractivity contribution in [2.24, 2.45) is 0 Å². The molecule has 31 heavy (non-hydrogen) atoms. The largest absolute Gasteiger partial charge is 0.325 e. The molecule has 0 heterocycles. The lowest BCUT2D eigenvalue weighted by molar-refractivity contribution is -0.121. The quantitative estimate of drug-likeness (QED) is 0.574. The van der Waals surface area contributed by atoms with Gasteiger partial charge in [0.25, 0.3) is 0 Å². The molecule has 1 saturated carbocycles. The fourth-order valence-corrected chi connectivity index (χ4v) is 5.08. The van der Waals surface area contributed by atoms with E-state index in [2.05, 4.69) is 10.0 Å². The predicted octanol–water partition coefficient (Wildman–Crippen LogP) is 4.96. The first kappa shape index (κ1) is 21.3. The van der Waals surface area contributed by atoms with E-state index >= 15 is 0 Å². The van der Waals surface area contributed by atoms with Crippen molar-refractivity contribution in [3.63, 3.8) is 0 Å². The van der Waals surface area contributed by atoms with Gasteiger partial charge in [-0.2, -0.15) is 0 Å². The minimum Gasteiger partial charge on any atom is -0.325 e. The van der Waals surface area contributed by atoms with E-state index in [1.807, 2.05) is 54.6 Å². The van der Waals surface area contributed by atoms with Crippen molar-refractivity contribution in [2.45, 2.75) is 36.0 Å². The van der Waals surface area contributed by atoms with Crippen LogP contribution in [0.3, 0.4) is 0 Å². The van der Waals surface area contributed by atoms with E-state index in [4.69, 9.17) is 0 Å². The summed E-state index contributed by atoms with van der Waals surface area (Å²) in [6.45, 7) is 0. The monoisotopic (exact) mass is 436 g/mol. The Labute approximate surface area is 185 Å². The number of nitrogens with one attached hydrogen (secondary N) is 2. The summed E-state index contributed by atoms with van der Waals surface area (Å²) in [6.07, 6.45) is 3.79. The van der Waals surface area contributed by atoms with Gasteiger partial charge in [-0.3, -0.25) is 4.79 Å². The third-order valence-corrected chi connectivity index (χ3v) is 7.54. The number of sulfonamides is 1. The molecular formula is C25H28N2O3S. The molecule has 1 amide bonds. The lowest BCUT2D eigenvalue weighted by Crippen LogP contribution is -2.37. The molecule has 4 rings (SSSR count). The highest BCUT2D eigenvalue weighted by Crippen LogP contribution is 2.42. The van der Waals surface area contributed by atoms with Crippen LogP contribution >= 0.6 is 0 Å². The summed E-state index contributed by atoms with van der Waals surface area (Å²) in [6, 6.07) is 24.4. The van der Waals surface area contributed by atoms with Crippen molar-refractivity contribution in [2.75, 3.05) is 12.4 Å². The SMILES string of the molecule is CNS(=O)(=O)c1ccc(-c2cccc(NC(=O)C3(c4ccccc4)CCCC3)c2)cc1.[HH]. The summed E-state index contributed by atoms with van der Waals surface area (Å²) in [4.78, 5) is 13.6. The molecule has 2 N–H and O–H groups in total. The number of carbonyl (C=O) groups excluding carboxylic acids is 1. The summed E-state index contributed by atoms with van der Waals surface area (Å²) >= 11 is 0. The fraction of sp³-hybridized carbons (Fsp3) is 0.240. The van der Waals surface area contributed by atoms with Crippen molar-refractivity contribution >= 4 is 21.6 Å². The maximum Gasteiger partial charge on any atom is 0.240 e. The lowest BCUT2D eigenvalue weighted by Gasteiger charge is -2.28. The molecule has 0 atom stereocenters. The van der Waals surface area contributed by atoms with Crippen LogP contribution in [0.1, 0.15) is 32.7 Å².